The van der Waals surface area contributed by atoms with E-state index >= 15 is 0 Å². The van der Waals surface area contributed by atoms with Gasteiger partial charge >= 0.3 is 0 Å². The highest BCUT2D eigenvalue weighted by atomic mass is 32.2. The van der Waals surface area contributed by atoms with Crippen LogP contribution in [0.2, 0.25) is 0 Å². The number of hydrogen-bond acceptors (Lipinski definition) is 6. The number of nitro groups is 1. The normalized spacial score (nSPS) is 34.4. The summed E-state index contributed by atoms with van der Waals surface area (Å²) < 4.78 is 13.0. The molecule has 0 amide bonds. The Morgan fingerprint density at radius 2 is 2.09 bits per heavy atom. The molecule has 1 fully saturated rings. The molecular formula is C13H18FN3O4S. The summed E-state index contributed by atoms with van der Waals surface area (Å²) in [6.07, 6.45) is 0. The minimum atomic E-state index is -1.64. The van der Waals surface area contributed by atoms with Gasteiger partial charge in [0.2, 0.25) is 0 Å². The van der Waals surface area contributed by atoms with Crippen molar-refractivity contribution in [2.75, 3.05) is 6.54 Å². The zero-order valence-electron chi connectivity index (χ0n) is 12.4. The number of quaternary nitrogens is 1. The quantitative estimate of drug-likeness (QED) is 0.372. The van der Waals surface area contributed by atoms with Crippen LogP contribution >= 0.6 is 11.8 Å². The van der Waals surface area contributed by atoms with Gasteiger partial charge in [-0.25, -0.2) is 14.4 Å². The van der Waals surface area contributed by atoms with Crippen LogP contribution in [-0.2, 0) is 4.75 Å². The lowest BCUT2D eigenvalue weighted by Gasteiger charge is -2.57. The predicted molar refractivity (Wildman–Crippen MR) is 80.3 cm³/mol. The summed E-state index contributed by atoms with van der Waals surface area (Å²) in [7, 11) is 0. The molecule has 1 aliphatic rings. The van der Waals surface area contributed by atoms with Gasteiger partial charge in [0.25, 0.3) is 5.69 Å². The molecule has 1 aliphatic heterocycles. The van der Waals surface area contributed by atoms with Gasteiger partial charge in [0.05, 0.1) is 9.67 Å². The van der Waals surface area contributed by atoms with E-state index < -0.39 is 31.2 Å². The number of rotatable bonds is 2. The Hall–Kier alpha value is -1.26. The van der Waals surface area contributed by atoms with E-state index in [9.17, 15) is 24.9 Å². The average molecular weight is 331 g/mol. The predicted octanol–water partition coefficient (Wildman–Crippen LogP) is 2.46. The van der Waals surface area contributed by atoms with Crippen molar-refractivity contribution in [1.29, 1.82) is 0 Å². The van der Waals surface area contributed by atoms with Gasteiger partial charge in [-0.3, -0.25) is 10.1 Å². The number of benzene rings is 1. The first-order valence-electron chi connectivity index (χ1n) is 6.60. The van der Waals surface area contributed by atoms with Crippen LogP contribution in [0.1, 0.15) is 26.3 Å². The number of non-ortho nitro benzene ring substituents is 1. The molecule has 3 unspecified atom stereocenters. The highest BCUT2D eigenvalue weighted by molar-refractivity contribution is 8.00. The van der Waals surface area contributed by atoms with Gasteiger partial charge in [0.15, 0.2) is 0 Å². The van der Waals surface area contributed by atoms with Crippen molar-refractivity contribution in [3.05, 3.63) is 44.9 Å². The van der Waals surface area contributed by atoms with Crippen LogP contribution in [-0.4, -0.2) is 32.4 Å². The lowest BCUT2D eigenvalue weighted by atomic mass is 9.94. The van der Waals surface area contributed by atoms with E-state index in [2.05, 4.69) is 0 Å². The van der Waals surface area contributed by atoms with Crippen LogP contribution in [0.3, 0.4) is 0 Å². The number of nitrogens with two attached hydrogens (primary N) is 1. The van der Waals surface area contributed by atoms with Crippen molar-refractivity contribution >= 4 is 17.4 Å². The molecule has 2 rings (SSSR count). The first-order valence-corrected chi connectivity index (χ1v) is 7.48. The van der Waals surface area contributed by atoms with E-state index in [4.69, 9.17) is 5.73 Å². The number of hydrogen-bond donors (Lipinski definition) is 2. The van der Waals surface area contributed by atoms with E-state index in [1.165, 1.54) is 13.8 Å². The Morgan fingerprint density at radius 1 is 1.50 bits per heavy atom. The number of nitrogens with zero attached hydrogens (tertiary/aromatic N) is 2. The van der Waals surface area contributed by atoms with Crippen molar-refractivity contribution in [3.63, 3.8) is 0 Å². The van der Waals surface area contributed by atoms with E-state index in [0.29, 0.717) is 0 Å². The first kappa shape index (κ1) is 17.1. The molecule has 0 bridgehead atoms. The van der Waals surface area contributed by atoms with Crippen LogP contribution in [0.15, 0.2) is 18.2 Å². The van der Waals surface area contributed by atoms with Crippen LogP contribution in [0, 0.1) is 21.1 Å². The number of nitro benzene ring substituents is 1. The molecule has 3 N–H and O–H groups in total. The lowest BCUT2D eigenvalue weighted by Crippen LogP contribution is -2.69. The Kier molecular flexibility index (Phi) is 3.99. The second kappa shape index (κ2) is 5.14. The molecule has 122 valence electrons. The monoisotopic (exact) mass is 331 g/mol. The Bertz CT molecular complexity index is 625. The molecule has 0 aromatic heterocycles. The van der Waals surface area contributed by atoms with Gasteiger partial charge in [-0.1, -0.05) is 0 Å². The zero-order valence-corrected chi connectivity index (χ0v) is 13.3. The maximum absolute atomic E-state index is 14.2. The fourth-order valence-electron chi connectivity index (χ4n) is 2.45. The third kappa shape index (κ3) is 2.59. The summed E-state index contributed by atoms with van der Waals surface area (Å²) in [5.74, 6) is -0.674. The molecule has 3 atom stereocenters. The van der Waals surface area contributed by atoms with Gasteiger partial charge in [-0.15, -0.1) is 11.8 Å². The number of halogens is 1. The first-order chi connectivity index (χ1) is 9.91. The highest BCUT2D eigenvalue weighted by Gasteiger charge is 2.55. The van der Waals surface area contributed by atoms with Gasteiger partial charge < -0.3 is 10.9 Å². The fraction of sp³-hybridized carbons (Fsp3) is 0.538. The topological polar surface area (TPSA) is 112 Å². The maximum atomic E-state index is 14.2. The molecule has 7 nitrogen and oxygen atoms in total. The second-order valence-corrected chi connectivity index (χ2v) is 7.85. The molecule has 22 heavy (non-hydrogen) atoms. The molecule has 1 heterocycles. The molecule has 1 aromatic carbocycles. The van der Waals surface area contributed by atoms with Crippen LogP contribution in [0.25, 0.3) is 0 Å². The van der Waals surface area contributed by atoms with Crippen LogP contribution < -0.4 is 5.73 Å². The fourth-order valence-corrected chi connectivity index (χ4v) is 4.00. The standard InChI is InChI=1S/C13H18FN3O4S/c1-12(2)11(15)22-13(3,7-17(12,20)21)9-6-8(16(18)19)4-5-10(9)14/h4-6,11,20H,7,15H2,1-3H3. The average Bonchev–Trinajstić information content (AvgIpc) is 2.36. The second-order valence-electron chi connectivity index (χ2n) is 6.20. The number of hydroxylamine groups is 4. The van der Waals surface area contributed by atoms with Crippen molar-refractivity contribution in [1.82, 2.24) is 0 Å². The summed E-state index contributed by atoms with van der Waals surface area (Å²) in [5, 5.41) is 32.7. The largest absolute Gasteiger partial charge is 0.598 e. The van der Waals surface area contributed by atoms with Gasteiger partial charge in [-0.2, -0.15) is 0 Å². The summed E-state index contributed by atoms with van der Waals surface area (Å²) in [4.78, 5) is 8.61. The van der Waals surface area contributed by atoms with Gasteiger partial charge in [-0.05, 0) is 26.8 Å². The molecule has 1 saturated heterocycles. The maximum Gasteiger partial charge on any atom is 0.269 e. The highest BCUT2D eigenvalue weighted by Crippen LogP contribution is 2.50. The summed E-state index contributed by atoms with van der Waals surface area (Å²) >= 11 is 1.13. The third-order valence-electron chi connectivity index (χ3n) is 4.23. The molecule has 1 aromatic rings. The molecule has 0 spiro atoms. The zero-order chi connectivity index (χ0) is 16.9. The minimum Gasteiger partial charge on any atom is -0.598 e. The van der Waals surface area contributed by atoms with Crippen LogP contribution in [0.4, 0.5) is 10.1 Å². The molecular weight excluding hydrogens is 313 g/mol. The summed E-state index contributed by atoms with van der Waals surface area (Å²) in [6.45, 7) is 4.24. The Morgan fingerprint density at radius 3 is 2.59 bits per heavy atom. The molecule has 9 heteroatoms. The van der Waals surface area contributed by atoms with E-state index in [-0.39, 0.29) is 17.8 Å². The van der Waals surface area contributed by atoms with Crippen molar-refractivity contribution < 1.29 is 19.3 Å². The SMILES string of the molecule is CC1(c2cc([N+](=O)[O-])ccc2F)C[N+]([O-])(O)C(C)(C)C(N)S1. The third-order valence-corrected chi connectivity index (χ3v) is 5.93. The summed E-state index contributed by atoms with van der Waals surface area (Å²) in [6, 6.07) is 3.13. The van der Waals surface area contributed by atoms with Crippen molar-refractivity contribution in [3.8, 4) is 0 Å². The molecule has 0 aliphatic carbocycles. The molecule has 0 radical (unpaired) electrons. The van der Waals surface area contributed by atoms with Gasteiger partial charge in [0, 0.05) is 17.7 Å². The van der Waals surface area contributed by atoms with E-state index in [1.54, 1.807) is 6.92 Å². The van der Waals surface area contributed by atoms with Crippen molar-refractivity contribution in [2.45, 2.75) is 36.4 Å². The van der Waals surface area contributed by atoms with Gasteiger partial charge in [0.1, 0.15) is 23.3 Å². The molecule has 0 saturated carbocycles. The lowest BCUT2D eigenvalue weighted by molar-refractivity contribution is -1.10. The smallest absolute Gasteiger partial charge is 0.269 e. The minimum absolute atomic E-state index is 0.00921. The van der Waals surface area contributed by atoms with E-state index in [0.717, 1.165) is 30.0 Å². The van der Waals surface area contributed by atoms with Crippen LogP contribution in [0.5, 0.6) is 0 Å². The van der Waals surface area contributed by atoms with Crippen molar-refractivity contribution in [2.24, 2.45) is 5.73 Å². The number of thioether (sulfide) groups is 1. The Balaban J connectivity index is 2.52. The Labute approximate surface area is 131 Å². The van der Waals surface area contributed by atoms with E-state index in [1.807, 2.05) is 0 Å². The summed E-state index contributed by atoms with van der Waals surface area (Å²) in [5.41, 5.74) is 4.51.